The molecule has 0 bridgehead atoms. The molecule has 10 heteroatoms. The average molecular weight is 393 g/mol. The van der Waals surface area contributed by atoms with E-state index >= 15 is 0 Å². The van der Waals surface area contributed by atoms with Crippen molar-refractivity contribution in [3.05, 3.63) is 64.6 Å². The Morgan fingerprint density at radius 1 is 1.07 bits per heavy atom. The van der Waals surface area contributed by atoms with Gasteiger partial charge in [-0.1, -0.05) is 11.3 Å². The van der Waals surface area contributed by atoms with Crippen molar-refractivity contribution in [2.45, 2.75) is 6.92 Å². The lowest BCUT2D eigenvalue weighted by atomic mass is 10.1. The first-order valence-corrected chi connectivity index (χ1v) is 9.03. The molecule has 0 spiro atoms. The molecule has 0 fully saturated rings. The third-order valence-electron chi connectivity index (χ3n) is 4.27. The van der Waals surface area contributed by atoms with Gasteiger partial charge < -0.3 is 8.83 Å². The van der Waals surface area contributed by atoms with Crippen LogP contribution in [-0.2, 0) is 0 Å². The van der Waals surface area contributed by atoms with Gasteiger partial charge in [-0.25, -0.2) is 0 Å². The molecule has 5 aromatic rings. The molecule has 0 aliphatic rings. The molecule has 138 valence electrons. The maximum Gasteiger partial charge on any atom is 0.269 e. The summed E-state index contributed by atoms with van der Waals surface area (Å²) in [5.41, 5.74) is 1.61. The summed E-state index contributed by atoms with van der Waals surface area (Å²) in [4.78, 5) is 11.0. The summed E-state index contributed by atoms with van der Waals surface area (Å²) in [7, 11) is 0. The van der Waals surface area contributed by atoms with Crippen molar-refractivity contribution in [3.8, 4) is 33.5 Å². The molecule has 0 radical (unpaired) electrons. The number of nitro groups is 1. The van der Waals surface area contributed by atoms with Gasteiger partial charge in [-0.3, -0.25) is 10.1 Å². The number of furan rings is 2. The van der Waals surface area contributed by atoms with Crippen LogP contribution in [0.2, 0.25) is 0 Å². The summed E-state index contributed by atoms with van der Waals surface area (Å²) in [6, 6.07) is 11.6. The van der Waals surface area contributed by atoms with E-state index in [1.54, 1.807) is 29.0 Å². The Kier molecular flexibility index (Phi) is 3.59. The Hall–Kier alpha value is -3.79. The fraction of sp³-hybridized carbons (Fsp3) is 0.0556. The first-order valence-electron chi connectivity index (χ1n) is 8.22. The van der Waals surface area contributed by atoms with Crippen LogP contribution in [0.5, 0.6) is 0 Å². The second kappa shape index (κ2) is 6.13. The standard InChI is InChI=1S/C18H11N5O4S/c1-10-13(8-9-26-10)16-19-20-18-22(16)21-17(28-18)15-7-6-14(27-15)11-2-4-12(5-3-11)23(24)25/h2-9H,1H3. The number of benzene rings is 1. The minimum absolute atomic E-state index is 0.0336. The van der Waals surface area contributed by atoms with Gasteiger partial charge in [-0.2, -0.15) is 4.52 Å². The largest absolute Gasteiger partial charge is 0.469 e. The van der Waals surface area contributed by atoms with E-state index in [1.165, 1.54) is 23.5 Å². The molecule has 0 amide bonds. The molecule has 0 aliphatic carbocycles. The van der Waals surface area contributed by atoms with E-state index in [2.05, 4.69) is 15.3 Å². The molecule has 4 heterocycles. The van der Waals surface area contributed by atoms with E-state index in [4.69, 9.17) is 8.83 Å². The molecule has 4 aromatic heterocycles. The van der Waals surface area contributed by atoms with Gasteiger partial charge in [0.1, 0.15) is 11.5 Å². The van der Waals surface area contributed by atoms with Crippen molar-refractivity contribution >= 4 is 22.0 Å². The van der Waals surface area contributed by atoms with Crippen LogP contribution < -0.4 is 0 Å². The summed E-state index contributed by atoms with van der Waals surface area (Å²) in [5.74, 6) is 2.52. The summed E-state index contributed by atoms with van der Waals surface area (Å²) in [5, 5.41) is 24.4. The van der Waals surface area contributed by atoms with Crippen molar-refractivity contribution in [1.29, 1.82) is 0 Å². The maximum atomic E-state index is 10.8. The third-order valence-corrected chi connectivity index (χ3v) is 5.18. The zero-order valence-corrected chi connectivity index (χ0v) is 15.2. The number of rotatable bonds is 4. The highest BCUT2D eigenvalue weighted by molar-refractivity contribution is 7.19. The summed E-state index contributed by atoms with van der Waals surface area (Å²) >= 11 is 1.35. The summed E-state index contributed by atoms with van der Waals surface area (Å²) < 4.78 is 12.9. The second-order valence-electron chi connectivity index (χ2n) is 5.98. The van der Waals surface area contributed by atoms with Gasteiger partial charge in [0, 0.05) is 17.7 Å². The number of fused-ring (bicyclic) bond motifs is 1. The number of aryl methyl sites for hydroxylation is 1. The van der Waals surface area contributed by atoms with Gasteiger partial charge in [0.05, 0.1) is 16.7 Å². The van der Waals surface area contributed by atoms with Crippen LogP contribution in [0.4, 0.5) is 5.69 Å². The van der Waals surface area contributed by atoms with Gasteiger partial charge in [-0.05, 0) is 37.3 Å². The Labute approximate surface area is 161 Å². The molecular weight excluding hydrogens is 382 g/mol. The lowest BCUT2D eigenvalue weighted by molar-refractivity contribution is -0.384. The molecule has 9 nitrogen and oxygen atoms in total. The first-order chi connectivity index (χ1) is 13.6. The number of nitro benzene ring substituents is 1. The number of hydrogen-bond acceptors (Lipinski definition) is 8. The molecule has 0 N–H and O–H groups in total. The average Bonchev–Trinajstić information content (AvgIpc) is 3.45. The molecule has 0 saturated heterocycles. The van der Waals surface area contributed by atoms with E-state index in [0.717, 1.165) is 16.9 Å². The van der Waals surface area contributed by atoms with E-state index < -0.39 is 4.92 Å². The first kappa shape index (κ1) is 16.4. The third kappa shape index (κ3) is 2.58. The smallest absolute Gasteiger partial charge is 0.269 e. The number of nitrogens with zero attached hydrogens (tertiary/aromatic N) is 5. The van der Waals surface area contributed by atoms with E-state index in [9.17, 15) is 10.1 Å². The van der Waals surface area contributed by atoms with Gasteiger partial charge in [0.25, 0.3) is 5.69 Å². The minimum Gasteiger partial charge on any atom is -0.469 e. The monoisotopic (exact) mass is 393 g/mol. The SMILES string of the molecule is Cc1occc1-c1nnc2sc(-c3ccc(-c4ccc([N+](=O)[O-])cc4)o3)nn12. The fourth-order valence-electron chi connectivity index (χ4n) is 2.86. The molecule has 5 rings (SSSR count). The second-order valence-corrected chi connectivity index (χ2v) is 6.94. The van der Waals surface area contributed by atoms with Gasteiger partial charge in [0.2, 0.25) is 4.96 Å². The van der Waals surface area contributed by atoms with Gasteiger partial charge >= 0.3 is 0 Å². The van der Waals surface area contributed by atoms with E-state index in [0.29, 0.717) is 27.3 Å². The lowest BCUT2D eigenvalue weighted by Crippen LogP contribution is -1.90. The van der Waals surface area contributed by atoms with Crippen LogP contribution in [0.3, 0.4) is 0 Å². The predicted octanol–water partition coefficient (Wildman–Crippen LogP) is 4.59. The normalized spacial score (nSPS) is 11.3. The maximum absolute atomic E-state index is 10.8. The zero-order chi connectivity index (χ0) is 19.3. The molecule has 0 saturated carbocycles. The van der Waals surface area contributed by atoms with Crippen molar-refractivity contribution in [2.24, 2.45) is 0 Å². The van der Waals surface area contributed by atoms with Crippen LogP contribution in [-0.4, -0.2) is 24.7 Å². The van der Waals surface area contributed by atoms with Crippen LogP contribution in [0, 0.1) is 17.0 Å². The molecule has 0 unspecified atom stereocenters. The van der Waals surface area contributed by atoms with E-state index in [-0.39, 0.29) is 5.69 Å². The van der Waals surface area contributed by atoms with Crippen molar-refractivity contribution in [2.75, 3.05) is 0 Å². The van der Waals surface area contributed by atoms with Crippen molar-refractivity contribution in [3.63, 3.8) is 0 Å². The Balaban J connectivity index is 1.50. The molecule has 0 atom stereocenters. The highest BCUT2D eigenvalue weighted by Gasteiger charge is 2.19. The summed E-state index contributed by atoms with van der Waals surface area (Å²) in [6.07, 6.45) is 1.60. The van der Waals surface area contributed by atoms with Crippen LogP contribution in [0.25, 0.3) is 38.4 Å². The Morgan fingerprint density at radius 3 is 2.57 bits per heavy atom. The van der Waals surface area contributed by atoms with E-state index in [1.807, 2.05) is 19.1 Å². The van der Waals surface area contributed by atoms with Crippen LogP contribution >= 0.6 is 11.3 Å². The Bertz CT molecular complexity index is 1310. The highest BCUT2D eigenvalue weighted by atomic mass is 32.1. The van der Waals surface area contributed by atoms with Crippen LogP contribution in [0.15, 0.2) is 57.6 Å². The molecule has 1 aromatic carbocycles. The van der Waals surface area contributed by atoms with Gasteiger partial charge in [-0.15, -0.1) is 15.3 Å². The molecule has 0 aliphatic heterocycles. The summed E-state index contributed by atoms with van der Waals surface area (Å²) in [6.45, 7) is 1.85. The topological polar surface area (TPSA) is 112 Å². The molecule has 28 heavy (non-hydrogen) atoms. The highest BCUT2D eigenvalue weighted by Crippen LogP contribution is 2.33. The fourth-order valence-corrected chi connectivity index (χ4v) is 3.66. The van der Waals surface area contributed by atoms with Crippen molar-refractivity contribution in [1.82, 2.24) is 19.8 Å². The number of aromatic nitrogens is 4. The number of hydrogen-bond donors (Lipinski definition) is 0. The lowest BCUT2D eigenvalue weighted by Gasteiger charge is -1.96. The molecular formula is C18H11N5O4S. The quantitative estimate of drug-likeness (QED) is 0.324. The Morgan fingerprint density at radius 2 is 1.86 bits per heavy atom. The number of non-ortho nitro benzene ring substituents is 1. The van der Waals surface area contributed by atoms with Gasteiger partial charge in [0.15, 0.2) is 16.6 Å². The van der Waals surface area contributed by atoms with Crippen LogP contribution in [0.1, 0.15) is 5.76 Å². The zero-order valence-electron chi connectivity index (χ0n) is 14.4. The minimum atomic E-state index is -0.434. The van der Waals surface area contributed by atoms with Crippen molar-refractivity contribution < 1.29 is 13.8 Å². The predicted molar refractivity (Wildman–Crippen MR) is 101 cm³/mol.